The average Bonchev–Trinajstić information content (AvgIpc) is 3.26. The predicted molar refractivity (Wildman–Crippen MR) is 108 cm³/mol. The minimum atomic E-state index is -3.27. The number of nitrogens with zero attached hydrogens (tertiary/aromatic N) is 3. The number of hydrogen-bond acceptors (Lipinski definition) is 7. The van der Waals surface area contributed by atoms with Crippen LogP contribution in [0.25, 0.3) is 0 Å². The molecule has 3 heterocycles. The lowest BCUT2D eigenvalue weighted by Crippen LogP contribution is -2.55. The van der Waals surface area contributed by atoms with Crippen molar-refractivity contribution in [1.82, 2.24) is 14.1 Å². The van der Waals surface area contributed by atoms with E-state index in [1.165, 1.54) is 24.8 Å². The van der Waals surface area contributed by atoms with Crippen molar-refractivity contribution in [1.29, 1.82) is 0 Å². The Morgan fingerprint density at radius 2 is 1.83 bits per heavy atom. The number of hydrogen-bond donors (Lipinski definition) is 0. The van der Waals surface area contributed by atoms with Gasteiger partial charge in [-0.05, 0) is 6.07 Å². The highest BCUT2D eigenvalue weighted by molar-refractivity contribution is 7.99. The molecule has 2 amide bonds. The van der Waals surface area contributed by atoms with Crippen molar-refractivity contribution in [3.8, 4) is 11.5 Å². The third-order valence-corrected chi connectivity index (χ3v) is 8.21. The summed E-state index contributed by atoms with van der Waals surface area (Å²) in [7, 11) is -0.259. The summed E-state index contributed by atoms with van der Waals surface area (Å²) < 4.78 is 35.5. The number of fused-ring (bicyclic) bond motifs is 3. The van der Waals surface area contributed by atoms with Crippen molar-refractivity contribution in [2.75, 3.05) is 52.4 Å². The highest BCUT2D eigenvalue weighted by Crippen LogP contribution is 2.52. The molecule has 2 atom stereocenters. The van der Waals surface area contributed by atoms with Crippen LogP contribution in [0, 0.1) is 0 Å². The molecule has 0 bridgehead atoms. The van der Waals surface area contributed by atoms with Crippen LogP contribution in [-0.4, -0.2) is 92.8 Å². The third kappa shape index (κ3) is 3.24. The Balaban J connectivity index is 1.55. The molecule has 29 heavy (non-hydrogen) atoms. The van der Waals surface area contributed by atoms with Gasteiger partial charge >= 0.3 is 0 Å². The van der Waals surface area contributed by atoms with E-state index >= 15 is 0 Å². The smallest absolute Gasteiger partial charge is 0.260 e. The fraction of sp³-hybridized carbons (Fsp3) is 0.556. The Kier molecular flexibility index (Phi) is 5.16. The van der Waals surface area contributed by atoms with Crippen molar-refractivity contribution in [2.24, 2.45) is 0 Å². The summed E-state index contributed by atoms with van der Waals surface area (Å²) >= 11 is 1.55. The molecule has 0 unspecified atom stereocenters. The van der Waals surface area contributed by atoms with Gasteiger partial charge in [-0.1, -0.05) is 6.07 Å². The lowest BCUT2D eigenvalue weighted by molar-refractivity contribution is -0.136. The quantitative estimate of drug-likeness (QED) is 0.666. The largest absolute Gasteiger partial charge is 0.493 e. The van der Waals surface area contributed by atoms with Crippen LogP contribution in [-0.2, 0) is 14.8 Å². The number of rotatable bonds is 4. The number of benzene rings is 1. The van der Waals surface area contributed by atoms with E-state index in [1.54, 1.807) is 27.6 Å². The third-order valence-electron chi connectivity index (χ3n) is 5.60. The molecule has 0 N–H and O–H groups in total. The molecule has 2 saturated heterocycles. The Morgan fingerprint density at radius 3 is 2.41 bits per heavy atom. The topological polar surface area (TPSA) is 96.5 Å². The molecule has 0 radical (unpaired) electrons. The lowest BCUT2D eigenvalue weighted by atomic mass is 10.1. The molecule has 11 heteroatoms. The normalized spacial score (nSPS) is 24.4. The van der Waals surface area contributed by atoms with Gasteiger partial charge < -0.3 is 19.3 Å². The highest BCUT2D eigenvalue weighted by atomic mass is 32.2. The maximum absolute atomic E-state index is 13.2. The lowest BCUT2D eigenvalue weighted by Gasteiger charge is -2.36. The zero-order chi connectivity index (χ0) is 20.9. The summed E-state index contributed by atoms with van der Waals surface area (Å²) in [6, 6.07) is 3.05. The zero-order valence-corrected chi connectivity index (χ0v) is 18.1. The first-order valence-corrected chi connectivity index (χ1v) is 12.1. The van der Waals surface area contributed by atoms with Crippen LogP contribution in [0.2, 0.25) is 0 Å². The van der Waals surface area contributed by atoms with Gasteiger partial charge in [0.15, 0.2) is 11.5 Å². The number of carbonyl (C=O) groups is 2. The van der Waals surface area contributed by atoms with Crippen molar-refractivity contribution < 1.29 is 27.5 Å². The highest BCUT2D eigenvalue weighted by Gasteiger charge is 2.51. The number of thioether (sulfide) groups is 1. The van der Waals surface area contributed by atoms with Gasteiger partial charge in [0.05, 0.1) is 26.0 Å². The Morgan fingerprint density at radius 1 is 1.14 bits per heavy atom. The molecular weight excluding hydrogens is 418 g/mol. The monoisotopic (exact) mass is 441 g/mol. The number of piperazine rings is 1. The minimum Gasteiger partial charge on any atom is -0.493 e. The van der Waals surface area contributed by atoms with E-state index in [-0.39, 0.29) is 30.3 Å². The van der Waals surface area contributed by atoms with Crippen LogP contribution in [0.3, 0.4) is 0 Å². The number of amides is 2. The molecule has 158 valence electrons. The van der Waals surface area contributed by atoms with E-state index < -0.39 is 16.1 Å². The van der Waals surface area contributed by atoms with Gasteiger partial charge in [-0.2, -0.15) is 4.31 Å². The van der Waals surface area contributed by atoms with E-state index in [0.29, 0.717) is 35.9 Å². The van der Waals surface area contributed by atoms with Gasteiger partial charge in [0.2, 0.25) is 15.9 Å². The van der Waals surface area contributed by atoms with Gasteiger partial charge in [0.25, 0.3) is 5.91 Å². The first-order chi connectivity index (χ1) is 13.8. The summed E-state index contributed by atoms with van der Waals surface area (Å²) in [5.41, 5.74) is 1.28. The van der Waals surface area contributed by atoms with Gasteiger partial charge in [0.1, 0.15) is 11.4 Å². The van der Waals surface area contributed by atoms with E-state index in [2.05, 4.69) is 0 Å². The Labute approximate surface area is 174 Å². The molecule has 9 nitrogen and oxygen atoms in total. The molecule has 3 aliphatic rings. The summed E-state index contributed by atoms with van der Waals surface area (Å²) in [6.45, 7) is 1.19. The van der Waals surface area contributed by atoms with Gasteiger partial charge in [0, 0.05) is 37.5 Å². The molecule has 0 saturated carbocycles. The van der Waals surface area contributed by atoms with Crippen LogP contribution < -0.4 is 9.47 Å². The predicted octanol–water partition coefficient (Wildman–Crippen LogP) is 0.377. The van der Waals surface area contributed by atoms with E-state index in [0.717, 1.165) is 5.56 Å². The second-order valence-corrected chi connectivity index (χ2v) is 10.3. The van der Waals surface area contributed by atoms with Gasteiger partial charge in [-0.15, -0.1) is 11.8 Å². The van der Waals surface area contributed by atoms with Crippen LogP contribution in [0.15, 0.2) is 12.1 Å². The number of carbonyl (C=O) groups excluding carboxylic acids is 2. The number of ether oxygens (including phenoxy) is 2. The van der Waals surface area contributed by atoms with Crippen molar-refractivity contribution in [3.63, 3.8) is 0 Å². The van der Waals surface area contributed by atoms with Crippen molar-refractivity contribution in [3.05, 3.63) is 23.3 Å². The molecule has 2 fully saturated rings. The summed E-state index contributed by atoms with van der Waals surface area (Å²) in [5, 5.41) is -0.233. The second-order valence-electron chi connectivity index (χ2n) is 7.17. The first-order valence-electron chi connectivity index (χ1n) is 9.21. The molecule has 1 aromatic rings. The Bertz CT molecular complexity index is 959. The van der Waals surface area contributed by atoms with Crippen LogP contribution in [0.4, 0.5) is 0 Å². The van der Waals surface area contributed by atoms with Crippen molar-refractivity contribution in [2.45, 2.75) is 11.4 Å². The molecule has 4 rings (SSSR count). The SMILES string of the molecule is COc1ccc2c(c1OC)C(=O)N1[C@@H](C(=O)N3CCN(S(C)(=O)=O)CC3)CS[C@@H]21. The van der Waals surface area contributed by atoms with E-state index in [1.807, 2.05) is 6.07 Å². The molecule has 0 spiro atoms. The van der Waals surface area contributed by atoms with Gasteiger partial charge in [-0.3, -0.25) is 9.59 Å². The van der Waals surface area contributed by atoms with Crippen LogP contribution in [0.5, 0.6) is 11.5 Å². The fourth-order valence-electron chi connectivity index (χ4n) is 4.13. The maximum Gasteiger partial charge on any atom is 0.260 e. The molecule has 1 aromatic carbocycles. The molecule has 0 aromatic heterocycles. The van der Waals surface area contributed by atoms with E-state index in [4.69, 9.17) is 9.47 Å². The second kappa shape index (κ2) is 7.37. The summed E-state index contributed by atoms with van der Waals surface area (Å²) in [5.74, 6) is 0.998. The molecule has 0 aliphatic carbocycles. The minimum absolute atomic E-state index is 0.139. The molecule has 3 aliphatic heterocycles. The number of sulfonamides is 1. The van der Waals surface area contributed by atoms with Gasteiger partial charge in [-0.25, -0.2) is 8.42 Å². The Hall–Kier alpha value is -1.98. The van der Waals surface area contributed by atoms with E-state index in [9.17, 15) is 18.0 Å². The summed E-state index contributed by atoms with van der Waals surface area (Å²) in [6.07, 6.45) is 1.17. The average molecular weight is 442 g/mol. The zero-order valence-electron chi connectivity index (χ0n) is 16.5. The van der Waals surface area contributed by atoms with Crippen LogP contribution in [0.1, 0.15) is 21.3 Å². The van der Waals surface area contributed by atoms with Crippen molar-refractivity contribution >= 4 is 33.6 Å². The summed E-state index contributed by atoms with van der Waals surface area (Å²) in [4.78, 5) is 29.7. The standard InChI is InChI=1S/C18H23N3O6S2/c1-26-13-5-4-11-14(15(13)27-2)17(23)21-12(10-28-18(11)21)16(22)19-6-8-20(9-7-19)29(3,24)25/h4-5,12,18H,6-10H2,1-3H3/t12-,18+/m1/s1. The first kappa shape index (κ1) is 20.3. The van der Waals surface area contributed by atoms with Crippen LogP contribution >= 0.6 is 11.8 Å². The number of methoxy groups -OCH3 is 2. The molecular formula is C18H23N3O6S2. The maximum atomic E-state index is 13.2. The fourth-order valence-corrected chi connectivity index (χ4v) is 6.41.